The molecule has 0 spiro atoms. The van der Waals surface area contributed by atoms with Crippen LogP contribution in [-0.4, -0.2) is 44.7 Å². The predicted molar refractivity (Wildman–Crippen MR) is 110 cm³/mol. The van der Waals surface area contributed by atoms with Crippen LogP contribution in [0.1, 0.15) is 38.5 Å². The molecule has 0 radical (unpaired) electrons. The molecule has 152 valence electrons. The largest absolute Gasteiger partial charge is 0.419 e. The van der Waals surface area contributed by atoms with E-state index in [9.17, 15) is 4.79 Å². The highest BCUT2D eigenvalue weighted by Crippen LogP contribution is 2.30. The first-order chi connectivity index (χ1) is 14.2. The van der Waals surface area contributed by atoms with Crippen molar-refractivity contribution in [2.24, 2.45) is 5.92 Å². The van der Waals surface area contributed by atoms with Gasteiger partial charge in [0.05, 0.1) is 12.1 Å². The fraction of sp³-hybridized carbons (Fsp3) is 0.500. The molecule has 1 saturated carbocycles. The number of hydrogen-bond donors (Lipinski definition) is 1. The molecule has 7 heteroatoms. The van der Waals surface area contributed by atoms with E-state index in [2.05, 4.69) is 27.3 Å². The fourth-order valence-corrected chi connectivity index (χ4v) is 4.04. The van der Waals surface area contributed by atoms with Gasteiger partial charge in [-0.25, -0.2) is 0 Å². The Labute approximate surface area is 170 Å². The number of aromatic nitrogens is 3. The van der Waals surface area contributed by atoms with E-state index in [-0.39, 0.29) is 5.91 Å². The van der Waals surface area contributed by atoms with E-state index in [0.29, 0.717) is 30.9 Å². The van der Waals surface area contributed by atoms with Crippen molar-refractivity contribution in [3.8, 4) is 11.5 Å². The van der Waals surface area contributed by atoms with Gasteiger partial charge in [0.15, 0.2) is 0 Å². The van der Waals surface area contributed by atoms with Crippen LogP contribution in [0.2, 0.25) is 0 Å². The van der Waals surface area contributed by atoms with Gasteiger partial charge in [-0.05, 0) is 50.8 Å². The van der Waals surface area contributed by atoms with Gasteiger partial charge >= 0.3 is 0 Å². The first-order valence-corrected chi connectivity index (χ1v) is 10.6. The van der Waals surface area contributed by atoms with Crippen LogP contribution >= 0.6 is 0 Å². The van der Waals surface area contributed by atoms with Gasteiger partial charge in [-0.1, -0.05) is 25.1 Å². The zero-order valence-electron chi connectivity index (χ0n) is 16.8. The van der Waals surface area contributed by atoms with Crippen molar-refractivity contribution in [2.45, 2.75) is 51.7 Å². The number of benzene rings is 1. The van der Waals surface area contributed by atoms with Crippen LogP contribution in [-0.2, 0) is 17.9 Å². The monoisotopic (exact) mass is 393 g/mol. The van der Waals surface area contributed by atoms with Crippen molar-refractivity contribution in [1.29, 1.82) is 0 Å². The van der Waals surface area contributed by atoms with E-state index in [1.165, 1.54) is 12.8 Å². The maximum absolute atomic E-state index is 12.3. The van der Waals surface area contributed by atoms with Gasteiger partial charge in [0, 0.05) is 23.1 Å². The van der Waals surface area contributed by atoms with Crippen LogP contribution in [0.4, 0.5) is 0 Å². The second kappa shape index (κ2) is 7.63. The van der Waals surface area contributed by atoms with Crippen molar-refractivity contribution in [2.75, 3.05) is 13.1 Å². The Morgan fingerprint density at radius 1 is 1.17 bits per heavy atom. The number of para-hydroxylation sites is 1. The van der Waals surface area contributed by atoms with Crippen LogP contribution in [0.15, 0.2) is 34.9 Å². The Kier molecular flexibility index (Phi) is 4.83. The number of likely N-dealkylation sites (tertiary alicyclic amines) is 1. The van der Waals surface area contributed by atoms with Crippen LogP contribution in [0.25, 0.3) is 22.4 Å². The Morgan fingerprint density at radius 2 is 1.97 bits per heavy atom. The predicted octanol–water partition coefficient (Wildman–Crippen LogP) is 3.20. The van der Waals surface area contributed by atoms with Gasteiger partial charge in [-0.2, -0.15) is 0 Å². The molecule has 1 N–H and O–H groups in total. The fourth-order valence-electron chi connectivity index (χ4n) is 4.04. The van der Waals surface area contributed by atoms with Crippen LogP contribution in [0, 0.1) is 5.92 Å². The third-order valence-corrected chi connectivity index (χ3v) is 5.98. The zero-order chi connectivity index (χ0) is 19.8. The summed E-state index contributed by atoms with van der Waals surface area (Å²) in [6.45, 7) is 5.46. The van der Waals surface area contributed by atoms with Gasteiger partial charge in [0.25, 0.3) is 0 Å². The Balaban J connectivity index is 1.37. The molecular formula is C22H27N5O2. The van der Waals surface area contributed by atoms with E-state index in [4.69, 9.17) is 4.42 Å². The third-order valence-electron chi connectivity index (χ3n) is 5.98. The summed E-state index contributed by atoms with van der Waals surface area (Å²) in [7, 11) is 0. The van der Waals surface area contributed by atoms with Crippen LogP contribution in [0.5, 0.6) is 0 Å². The lowest BCUT2D eigenvalue weighted by Gasteiger charge is -2.28. The van der Waals surface area contributed by atoms with Crippen LogP contribution < -0.4 is 5.32 Å². The van der Waals surface area contributed by atoms with Gasteiger partial charge in [0.2, 0.25) is 17.7 Å². The molecule has 1 aliphatic heterocycles. The number of hydrogen-bond acceptors (Lipinski definition) is 5. The minimum absolute atomic E-state index is 0.0466. The Hall–Kier alpha value is -2.67. The zero-order valence-corrected chi connectivity index (χ0v) is 16.8. The smallest absolute Gasteiger partial charge is 0.249 e. The summed E-state index contributed by atoms with van der Waals surface area (Å²) in [6.07, 6.45) is 6.57. The van der Waals surface area contributed by atoms with Gasteiger partial charge in [-0.3, -0.25) is 9.69 Å². The summed E-state index contributed by atoms with van der Waals surface area (Å²) in [5.41, 5.74) is 1.88. The van der Waals surface area contributed by atoms with Crippen molar-refractivity contribution in [3.63, 3.8) is 0 Å². The molecule has 0 unspecified atom stereocenters. The van der Waals surface area contributed by atoms with E-state index in [1.54, 1.807) is 0 Å². The van der Waals surface area contributed by atoms with Gasteiger partial charge < -0.3 is 14.3 Å². The number of rotatable bonds is 6. The second-order valence-corrected chi connectivity index (χ2v) is 8.49. The maximum Gasteiger partial charge on any atom is 0.249 e. The van der Waals surface area contributed by atoms with E-state index in [1.807, 2.05) is 35.0 Å². The van der Waals surface area contributed by atoms with Crippen molar-refractivity contribution in [1.82, 2.24) is 25.0 Å². The SMILES string of the molecule is CC1CCN(Cc2nnc(-c3cn(CC(=O)NC4CC4)c4ccccc34)o2)CC1. The molecule has 2 aliphatic rings. The first kappa shape index (κ1) is 18.4. The molecule has 1 amide bonds. The Bertz CT molecular complexity index is 1010. The standard InChI is InChI=1S/C22H27N5O2/c1-15-8-10-26(11-9-15)14-21-24-25-22(29-21)18-12-27(13-20(28)23-16-6-7-16)19-5-3-2-4-17(18)19/h2-5,12,15-16H,6-11,13-14H2,1H3,(H,23,28). The lowest BCUT2D eigenvalue weighted by atomic mass is 9.99. The molecule has 3 aromatic rings. The van der Waals surface area contributed by atoms with Crippen LogP contribution in [0.3, 0.4) is 0 Å². The number of amides is 1. The highest BCUT2D eigenvalue weighted by Gasteiger charge is 2.24. The molecule has 1 aliphatic carbocycles. The molecule has 3 heterocycles. The molecule has 7 nitrogen and oxygen atoms in total. The summed E-state index contributed by atoms with van der Waals surface area (Å²) < 4.78 is 7.99. The summed E-state index contributed by atoms with van der Waals surface area (Å²) in [6, 6.07) is 8.40. The molecular weight excluding hydrogens is 366 g/mol. The molecule has 2 aromatic heterocycles. The summed E-state index contributed by atoms with van der Waals surface area (Å²) in [5.74, 6) is 2.01. The number of carbonyl (C=O) groups excluding carboxylic acids is 1. The molecule has 1 aromatic carbocycles. The van der Waals surface area contributed by atoms with Gasteiger partial charge in [-0.15, -0.1) is 10.2 Å². The first-order valence-electron chi connectivity index (χ1n) is 10.6. The minimum atomic E-state index is 0.0466. The average molecular weight is 393 g/mol. The summed E-state index contributed by atoms with van der Waals surface area (Å²) in [4.78, 5) is 14.7. The molecule has 29 heavy (non-hydrogen) atoms. The molecule has 2 fully saturated rings. The summed E-state index contributed by atoms with van der Waals surface area (Å²) >= 11 is 0. The normalized spacial score (nSPS) is 18.4. The number of nitrogens with one attached hydrogen (secondary N) is 1. The minimum Gasteiger partial charge on any atom is -0.419 e. The maximum atomic E-state index is 12.3. The quantitative estimate of drug-likeness (QED) is 0.696. The molecule has 0 atom stereocenters. The Morgan fingerprint density at radius 3 is 2.76 bits per heavy atom. The third kappa shape index (κ3) is 4.05. The van der Waals surface area contributed by atoms with E-state index >= 15 is 0 Å². The summed E-state index contributed by atoms with van der Waals surface area (Å²) in [5, 5.41) is 12.7. The molecule has 0 bridgehead atoms. The van der Waals surface area contributed by atoms with E-state index in [0.717, 1.165) is 48.3 Å². The van der Waals surface area contributed by atoms with Crippen molar-refractivity contribution in [3.05, 3.63) is 36.4 Å². The highest BCUT2D eigenvalue weighted by molar-refractivity contribution is 5.94. The lowest BCUT2D eigenvalue weighted by molar-refractivity contribution is -0.121. The lowest BCUT2D eigenvalue weighted by Crippen LogP contribution is -2.32. The van der Waals surface area contributed by atoms with Crippen molar-refractivity contribution < 1.29 is 9.21 Å². The number of piperidine rings is 1. The van der Waals surface area contributed by atoms with E-state index < -0.39 is 0 Å². The van der Waals surface area contributed by atoms with Crippen molar-refractivity contribution >= 4 is 16.8 Å². The number of fused-ring (bicyclic) bond motifs is 1. The molecule has 1 saturated heterocycles. The number of carbonyl (C=O) groups is 1. The second-order valence-electron chi connectivity index (χ2n) is 8.49. The number of nitrogens with zero attached hydrogens (tertiary/aromatic N) is 4. The molecule has 5 rings (SSSR count). The topological polar surface area (TPSA) is 76.2 Å². The average Bonchev–Trinajstić information content (AvgIpc) is 3.29. The van der Waals surface area contributed by atoms with Gasteiger partial charge in [0.1, 0.15) is 6.54 Å². The highest BCUT2D eigenvalue weighted by atomic mass is 16.4.